The second-order valence-electron chi connectivity index (χ2n) is 4.79. The Hall–Kier alpha value is -2.09. The molecule has 0 fully saturated rings. The molecule has 0 atom stereocenters. The Labute approximate surface area is 121 Å². The van der Waals surface area contributed by atoms with E-state index in [1.165, 1.54) is 5.56 Å². The number of rotatable bonds is 6. The van der Waals surface area contributed by atoms with Crippen molar-refractivity contribution in [1.82, 2.24) is 0 Å². The van der Waals surface area contributed by atoms with Crippen LogP contribution in [0.1, 0.15) is 24.5 Å². The largest absolute Gasteiger partial charge is 0.497 e. The van der Waals surface area contributed by atoms with Crippen molar-refractivity contribution in [2.75, 3.05) is 13.7 Å². The second-order valence-corrected chi connectivity index (χ2v) is 4.79. The quantitative estimate of drug-likeness (QED) is 0.569. The monoisotopic (exact) mass is 267 g/mol. The molecule has 0 aromatic heterocycles. The van der Waals surface area contributed by atoms with E-state index in [4.69, 9.17) is 4.74 Å². The van der Waals surface area contributed by atoms with E-state index in [1.54, 1.807) is 7.11 Å². The topological polar surface area (TPSA) is 21.6 Å². The molecule has 0 spiro atoms. The van der Waals surface area contributed by atoms with Crippen molar-refractivity contribution in [2.24, 2.45) is 4.99 Å². The maximum atomic E-state index is 5.23. The minimum Gasteiger partial charge on any atom is -0.497 e. The number of benzene rings is 2. The Kier molecular flexibility index (Phi) is 5.36. The van der Waals surface area contributed by atoms with Gasteiger partial charge in [-0.15, -0.1) is 0 Å². The average molecular weight is 267 g/mol. The highest BCUT2D eigenvalue weighted by Crippen LogP contribution is 2.13. The first-order chi connectivity index (χ1) is 9.79. The molecule has 2 aromatic rings. The number of aryl methyl sites for hydroxylation is 1. The molecule has 0 amide bonds. The molecular formula is C18H21NO. The fraction of sp³-hybridized carbons (Fsp3) is 0.278. The van der Waals surface area contributed by atoms with E-state index in [9.17, 15) is 0 Å². The van der Waals surface area contributed by atoms with Crippen LogP contribution in [0.5, 0.6) is 5.75 Å². The summed E-state index contributed by atoms with van der Waals surface area (Å²) < 4.78 is 5.23. The summed E-state index contributed by atoms with van der Waals surface area (Å²) in [5.41, 5.74) is 3.57. The predicted molar refractivity (Wildman–Crippen MR) is 84.8 cm³/mol. The van der Waals surface area contributed by atoms with Gasteiger partial charge in [0.05, 0.1) is 7.11 Å². The molecule has 2 heteroatoms. The fourth-order valence-electron chi connectivity index (χ4n) is 2.11. The van der Waals surface area contributed by atoms with Crippen LogP contribution in [0.25, 0.3) is 0 Å². The van der Waals surface area contributed by atoms with Gasteiger partial charge in [-0.05, 0) is 43.0 Å². The molecule has 0 bridgehead atoms. The van der Waals surface area contributed by atoms with Crippen LogP contribution in [0.3, 0.4) is 0 Å². The normalized spacial score (nSPS) is 11.4. The van der Waals surface area contributed by atoms with Gasteiger partial charge in [-0.25, -0.2) is 0 Å². The zero-order chi connectivity index (χ0) is 14.2. The van der Waals surface area contributed by atoms with Gasteiger partial charge in [0.1, 0.15) is 5.75 Å². The molecule has 0 saturated carbocycles. The van der Waals surface area contributed by atoms with E-state index in [1.807, 2.05) is 18.2 Å². The third-order valence-electron chi connectivity index (χ3n) is 3.30. The Bertz CT molecular complexity index is 561. The van der Waals surface area contributed by atoms with Gasteiger partial charge in [0, 0.05) is 12.3 Å². The van der Waals surface area contributed by atoms with Crippen LogP contribution < -0.4 is 4.74 Å². The van der Waals surface area contributed by atoms with Gasteiger partial charge < -0.3 is 4.74 Å². The Morgan fingerprint density at radius 2 is 1.85 bits per heavy atom. The minimum atomic E-state index is 0.859. The van der Waals surface area contributed by atoms with Gasteiger partial charge in [-0.2, -0.15) is 0 Å². The summed E-state index contributed by atoms with van der Waals surface area (Å²) >= 11 is 0. The van der Waals surface area contributed by atoms with E-state index >= 15 is 0 Å². The van der Waals surface area contributed by atoms with Gasteiger partial charge in [-0.1, -0.05) is 42.5 Å². The number of methoxy groups -OCH3 is 1. The first kappa shape index (κ1) is 14.3. The van der Waals surface area contributed by atoms with Crippen molar-refractivity contribution < 1.29 is 4.74 Å². The lowest BCUT2D eigenvalue weighted by molar-refractivity contribution is 0.414. The summed E-state index contributed by atoms with van der Waals surface area (Å²) in [5, 5.41) is 0. The fourth-order valence-corrected chi connectivity index (χ4v) is 2.11. The van der Waals surface area contributed by atoms with Crippen LogP contribution in [0.2, 0.25) is 0 Å². The van der Waals surface area contributed by atoms with Gasteiger partial charge >= 0.3 is 0 Å². The summed E-state index contributed by atoms with van der Waals surface area (Å²) in [7, 11) is 1.69. The zero-order valence-corrected chi connectivity index (χ0v) is 12.2. The lowest BCUT2D eigenvalue weighted by Gasteiger charge is -2.04. The van der Waals surface area contributed by atoms with Gasteiger partial charge in [-0.3, -0.25) is 4.99 Å². The molecule has 0 heterocycles. The van der Waals surface area contributed by atoms with Gasteiger partial charge in [0.15, 0.2) is 0 Å². The van der Waals surface area contributed by atoms with Crippen LogP contribution in [-0.2, 0) is 6.42 Å². The molecular weight excluding hydrogens is 246 g/mol. The van der Waals surface area contributed by atoms with E-state index in [-0.39, 0.29) is 0 Å². The second kappa shape index (κ2) is 7.49. The van der Waals surface area contributed by atoms with Crippen LogP contribution in [0, 0.1) is 0 Å². The first-order valence-electron chi connectivity index (χ1n) is 6.99. The molecule has 0 aliphatic rings. The van der Waals surface area contributed by atoms with Crippen molar-refractivity contribution in [3.63, 3.8) is 0 Å². The van der Waals surface area contributed by atoms with Crippen molar-refractivity contribution >= 4 is 5.71 Å². The highest BCUT2D eigenvalue weighted by Gasteiger charge is 1.99. The molecule has 2 aromatic carbocycles. The van der Waals surface area contributed by atoms with E-state index in [2.05, 4.69) is 48.3 Å². The number of aliphatic imine (C=N–C) groups is 1. The van der Waals surface area contributed by atoms with Gasteiger partial charge in [0.25, 0.3) is 0 Å². The summed E-state index contributed by atoms with van der Waals surface area (Å²) in [4.78, 5) is 4.65. The zero-order valence-electron chi connectivity index (χ0n) is 12.2. The highest BCUT2D eigenvalue weighted by atomic mass is 16.5. The maximum absolute atomic E-state index is 5.23. The third kappa shape index (κ3) is 4.23. The lowest BCUT2D eigenvalue weighted by atomic mass is 10.1. The van der Waals surface area contributed by atoms with Gasteiger partial charge in [0.2, 0.25) is 0 Å². The molecule has 0 saturated heterocycles. The van der Waals surface area contributed by atoms with E-state index < -0.39 is 0 Å². The molecule has 104 valence electrons. The first-order valence-corrected chi connectivity index (χ1v) is 6.99. The average Bonchev–Trinajstić information content (AvgIpc) is 2.52. The number of nitrogens with zero attached hydrogens (tertiary/aromatic N) is 1. The molecule has 20 heavy (non-hydrogen) atoms. The molecule has 2 rings (SSSR count). The van der Waals surface area contributed by atoms with Crippen LogP contribution in [-0.4, -0.2) is 19.4 Å². The minimum absolute atomic E-state index is 0.859. The smallest absolute Gasteiger partial charge is 0.119 e. The molecule has 0 radical (unpaired) electrons. The molecule has 0 N–H and O–H groups in total. The molecule has 0 aliphatic heterocycles. The van der Waals surface area contributed by atoms with Crippen LogP contribution >= 0.6 is 0 Å². The standard InChI is InChI=1S/C18H21NO/c1-15(17-11-6-12-18(14-17)20-2)19-13-7-10-16-8-4-3-5-9-16/h3-6,8-9,11-12,14H,7,10,13H2,1-2H3. The summed E-state index contributed by atoms with van der Waals surface area (Å²) in [5.74, 6) is 0.876. The van der Waals surface area contributed by atoms with Crippen molar-refractivity contribution in [2.45, 2.75) is 19.8 Å². The van der Waals surface area contributed by atoms with E-state index in [0.717, 1.165) is 36.4 Å². The number of hydrogen-bond acceptors (Lipinski definition) is 2. The Balaban J connectivity index is 1.87. The molecule has 0 aliphatic carbocycles. The highest BCUT2D eigenvalue weighted by molar-refractivity contribution is 5.99. The summed E-state index contributed by atoms with van der Waals surface area (Å²) in [6, 6.07) is 18.6. The van der Waals surface area contributed by atoms with Crippen molar-refractivity contribution in [3.05, 3.63) is 65.7 Å². The predicted octanol–water partition coefficient (Wildman–Crippen LogP) is 4.14. The lowest BCUT2D eigenvalue weighted by Crippen LogP contribution is -1.98. The van der Waals surface area contributed by atoms with E-state index in [0.29, 0.717) is 0 Å². The summed E-state index contributed by atoms with van der Waals surface area (Å²) in [6.07, 6.45) is 2.15. The molecule has 0 unspecified atom stereocenters. The summed E-state index contributed by atoms with van der Waals surface area (Å²) in [6.45, 7) is 2.91. The SMILES string of the molecule is COc1cccc(C(C)=NCCCc2ccccc2)c1. The molecule has 2 nitrogen and oxygen atoms in total. The van der Waals surface area contributed by atoms with Crippen LogP contribution in [0.4, 0.5) is 0 Å². The maximum Gasteiger partial charge on any atom is 0.119 e. The van der Waals surface area contributed by atoms with Crippen molar-refractivity contribution in [1.29, 1.82) is 0 Å². The van der Waals surface area contributed by atoms with Crippen molar-refractivity contribution in [3.8, 4) is 5.75 Å². The Morgan fingerprint density at radius 1 is 1.05 bits per heavy atom. The van der Waals surface area contributed by atoms with Crippen LogP contribution in [0.15, 0.2) is 59.6 Å². The Morgan fingerprint density at radius 3 is 2.60 bits per heavy atom. The number of hydrogen-bond donors (Lipinski definition) is 0. The number of ether oxygens (including phenoxy) is 1. The third-order valence-corrected chi connectivity index (χ3v) is 3.30.